The van der Waals surface area contributed by atoms with Crippen LogP contribution < -0.4 is 11.1 Å². The number of carbonyl (C=O) groups is 1. The van der Waals surface area contributed by atoms with Crippen molar-refractivity contribution in [2.75, 3.05) is 13.1 Å². The quantitative estimate of drug-likeness (QED) is 0.583. The Morgan fingerprint density at radius 2 is 2.12 bits per heavy atom. The van der Waals surface area contributed by atoms with Crippen molar-refractivity contribution in [1.29, 1.82) is 0 Å². The van der Waals surface area contributed by atoms with Crippen molar-refractivity contribution < 1.29 is 9.90 Å². The van der Waals surface area contributed by atoms with Crippen molar-refractivity contribution in [2.24, 2.45) is 11.7 Å². The summed E-state index contributed by atoms with van der Waals surface area (Å²) in [6, 6.07) is 0. The van der Waals surface area contributed by atoms with Gasteiger partial charge in [-0.15, -0.1) is 0 Å². The second kappa shape index (κ2) is 7.63. The lowest BCUT2D eigenvalue weighted by Gasteiger charge is -2.23. The van der Waals surface area contributed by atoms with Crippen LogP contribution >= 0.6 is 0 Å². The number of hydrogen-bond donors (Lipinski definition) is 3. The summed E-state index contributed by atoms with van der Waals surface area (Å²) in [5.41, 5.74) is 4.74. The first-order valence-corrected chi connectivity index (χ1v) is 6.14. The van der Waals surface area contributed by atoms with Crippen molar-refractivity contribution in [3.05, 3.63) is 0 Å². The van der Waals surface area contributed by atoms with E-state index < -0.39 is 5.60 Å². The molecule has 0 bridgehead atoms. The van der Waals surface area contributed by atoms with Gasteiger partial charge in [0, 0.05) is 13.0 Å². The van der Waals surface area contributed by atoms with Gasteiger partial charge in [0.05, 0.1) is 5.60 Å². The largest absolute Gasteiger partial charge is 0.388 e. The van der Waals surface area contributed by atoms with Gasteiger partial charge in [-0.05, 0) is 25.8 Å². The minimum atomic E-state index is -0.797. The molecule has 2 unspecified atom stereocenters. The van der Waals surface area contributed by atoms with Crippen LogP contribution in [0.3, 0.4) is 0 Å². The molecule has 4 heteroatoms. The standard InChI is InChI=1S/C12H26N2O2/c1-4-6-12(3,16)9-14-11(15)7-10(5-2)8-13/h10,16H,4-9,13H2,1-3H3,(H,14,15). The van der Waals surface area contributed by atoms with E-state index in [2.05, 4.69) is 5.32 Å². The summed E-state index contributed by atoms with van der Waals surface area (Å²) in [6.07, 6.45) is 2.97. The van der Waals surface area contributed by atoms with E-state index in [1.165, 1.54) is 0 Å². The van der Waals surface area contributed by atoms with Crippen LogP contribution in [-0.4, -0.2) is 29.7 Å². The minimum Gasteiger partial charge on any atom is -0.388 e. The van der Waals surface area contributed by atoms with E-state index in [-0.39, 0.29) is 11.8 Å². The van der Waals surface area contributed by atoms with Gasteiger partial charge in [-0.3, -0.25) is 4.79 Å². The number of carbonyl (C=O) groups excluding carboxylic acids is 1. The zero-order valence-electron chi connectivity index (χ0n) is 10.8. The van der Waals surface area contributed by atoms with Crippen LogP contribution in [0.25, 0.3) is 0 Å². The van der Waals surface area contributed by atoms with E-state index in [1.54, 1.807) is 6.92 Å². The second-order valence-electron chi connectivity index (χ2n) is 4.74. The molecule has 0 spiro atoms. The molecule has 2 atom stereocenters. The van der Waals surface area contributed by atoms with Gasteiger partial charge < -0.3 is 16.2 Å². The lowest BCUT2D eigenvalue weighted by Crippen LogP contribution is -2.41. The molecule has 16 heavy (non-hydrogen) atoms. The summed E-state index contributed by atoms with van der Waals surface area (Å²) in [5.74, 6) is 0.227. The van der Waals surface area contributed by atoms with Gasteiger partial charge in [0.25, 0.3) is 0 Å². The molecule has 0 fully saturated rings. The Balaban J connectivity index is 3.88. The van der Waals surface area contributed by atoms with E-state index in [9.17, 15) is 9.90 Å². The summed E-state index contributed by atoms with van der Waals surface area (Å²) in [4.78, 5) is 11.5. The number of rotatable bonds is 8. The first kappa shape index (κ1) is 15.4. The maximum absolute atomic E-state index is 11.5. The molecule has 0 saturated carbocycles. The lowest BCUT2D eigenvalue weighted by atomic mass is 9.99. The third-order valence-corrected chi connectivity index (χ3v) is 2.84. The first-order chi connectivity index (χ1) is 7.45. The number of nitrogens with one attached hydrogen (secondary N) is 1. The van der Waals surface area contributed by atoms with Gasteiger partial charge in [-0.25, -0.2) is 0 Å². The zero-order chi connectivity index (χ0) is 12.6. The molecular weight excluding hydrogens is 204 g/mol. The van der Waals surface area contributed by atoms with E-state index in [0.29, 0.717) is 25.9 Å². The molecule has 0 aliphatic carbocycles. The average Bonchev–Trinajstić information content (AvgIpc) is 2.23. The Morgan fingerprint density at radius 3 is 2.56 bits per heavy atom. The van der Waals surface area contributed by atoms with Gasteiger partial charge in [0.15, 0.2) is 0 Å². The summed E-state index contributed by atoms with van der Waals surface area (Å²) >= 11 is 0. The molecule has 0 radical (unpaired) electrons. The predicted molar refractivity (Wildman–Crippen MR) is 66.0 cm³/mol. The fraction of sp³-hybridized carbons (Fsp3) is 0.917. The number of hydrogen-bond acceptors (Lipinski definition) is 3. The van der Waals surface area contributed by atoms with E-state index in [4.69, 9.17) is 5.73 Å². The van der Waals surface area contributed by atoms with E-state index in [0.717, 1.165) is 12.8 Å². The first-order valence-electron chi connectivity index (χ1n) is 6.14. The Bertz CT molecular complexity index is 201. The molecule has 0 heterocycles. The van der Waals surface area contributed by atoms with Crippen LogP contribution in [0.5, 0.6) is 0 Å². The monoisotopic (exact) mass is 230 g/mol. The summed E-state index contributed by atoms with van der Waals surface area (Å²) in [6.45, 7) is 6.64. The van der Waals surface area contributed by atoms with E-state index >= 15 is 0 Å². The number of aliphatic hydroxyl groups is 1. The lowest BCUT2D eigenvalue weighted by molar-refractivity contribution is -0.123. The molecule has 96 valence electrons. The third-order valence-electron chi connectivity index (χ3n) is 2.84. The second-order valence-corrected chi connectivity index (χ2v) is 4.74. The number of nitrogens with two attached hydrogens (primary N) is 1. The molecule has 0 aromatic heterocycles. The highest BCUT2D eigenvalue weighted by atomic mass is 16.3. The molecule has 4 nitrogen and oxygen atoms in total. The zero-order valence-corrected chi connectivity index (χ0v) is 10.8. The normalized spacial score (nSPS) is 16.6. The van der Waals surface area contributed by atoms with E-state index in [1.807, 2.05) is 13.8 Å². The Kier molecular flexibility index (Phi) is 7.34. The fourth-order valence-electron chi connectivity index (χ4n) is 1.64. The highest BCUT2D eigenvalue weighted by Crippen LogP contribution is 2.11. The minimum absolute atomic E-state index is 0.0197. The molecular formula is C12H26N2O2. The van der Waals surface area contributed by atoms with Crippen LogP contribution in [0, 0.1) is 5.92 Å². The van der Waals surface area contributed by atoms with Crippen LogP contribution in [0.1, 0.15) is 46.5 Å². The highest BCUT2D eigenvalue weighted by molar-refractivity contribution is 5.76. The van der Waals surface area contributed by atoms with Gasteiger partial charge in [-0.1, -0.05) is 26.7 Å². The van der Waals surface area contributed by atoms with Gasteiger partial charge >= 0.3 is 0 Å². The van der Waals surface area contributed by atoms with Crippen molar-refractivity contribution in [1.82, 2.24) is 5.32 Å². The fourth-order valence-corrected chi connectivity index (χ4v) is 1.64. The number of amides is 1. The van der Waals surface area contributed by atoms with Crippen molar-refractivity contribution in [3.8, 4) is 0 Å². The Hall–Kier alpha value is -0.610. The third kappa shape index (κ3) is 6.80. The van der Waals surface area contributed by atoms with Crippen molar-refractivity contribution in [3.63, 3.8) is 0 Å². The predicted octanol–water partition coefficient (Wildman–Crippen LogP) is 1.03. The van der Waals surface area contributed by atoms with Crippen molar-refractivity contribution in [2.45, 2.75) is 52.1 Å². The Morgan fingerprint density at radius 1 is 1.50 bits per heavy atom. The molecule has 4 N–H and O–H groups in total. The topological polar surface area (TPSA) is 75.3 Å². The van der Waals surface area contributed by atoms with Crippen LogP contribution in [0.15, 0.2) is 0 Å². The average molecular weight is 230 g/mol. The van der Waals surface area contributed by atoms with Gasteiger partial charge in [0.2, 0.25) is 5.91 Å². The summed E-state index contributed by atoms with van der Waals surface area (Å²) < 4.78 is 0. The highest BCUT2D eigenvalue weighted by Gasteiger charge is 2.20. The van der Waals surface area contributed by atoms with Crippen LogP contribution in [0.2, 0.25) is 0 Å². The molecule has 0 aliphatic heterocycles. The SMILES string of the molecule is CCCC(C)(O)CNC(=O)CC(CC)CN. The molecule has 1 amide bonds. The molecule has 0 aromatic rings. The molecule has 0 saturated heterocycles. The smallest absolute Gasteiger partial charge is 0.220 e. The maximum atomic E-state index is 11.5. The van der Waals surface area contributed by atoms with Crippen molar-refractivity contribution >= 4 is 5.91 Å². The van der Waals surface area contributed by atoms with Crippen LogP contribution in [-0.2, 0) is 4.79 Å². The van der Waals surface area contributed by atoms with Gasteiger partial charge in [0.1, 0.15) is 0 Å². The molecule has 0 aliphatic rings. The maximum Gasteiger partial charge on any atom is 0.220 e. The van der Waals surface area contributed by atoms with Crippen LogP contribution in [0.4, 0.5) is 0 Å². The Labute approximate surface area is 98.6 Å². The summed E-state index contributed by atoms with van der Waals surface area (Å²) in [7, 11) is 0. The van der Waals surface area contributed by atoms with Gasteiger partial charge in [-0.2, -0.15) is 0 Å². The molecule has 0 rings (SSSR count). The molecule has 0 aromatic carbocycles. The summed E-state index contributed by atoms with van der Waals surface area (Å²) in [5, 5.41) is 12.6.